The monoisotopic (exact) mass is 356 g/mol. The summed E-state index contributed by atoms with van der Waals surface area (Å²) in [6.07, 6.45) is 6.50. The number of hydrogen-bond donors (Lipinski definition) is 1. The first-order chi connectivity index (χ1) is 11.3. The second kappa shape index (κ2) is 7.94. The molecule has 0 radical (unpaired) electrons. The average molecular weight is 356 g/mol. The first-order valence-electron chi connectivity index (χ1n) is 8.20. The van der Waals surface area contributed by atoms with E-state index >= 15 is 0 Å². The van der Waals surface area contributed by atoms with Crippen LogP contribution in [0.1, 0.15) is 38.5 Å². The molecule has 1 unspecified atom stereocenters. The van der Waals surface area contributed by atoms with E-state index < -0.39 is 14.8 Å². The highest BCUT2D eigenvalue weighted by atomic mass is 32.2. The van der Waals surface area contributed by atoms with Crippen molar-refractivity contribution in [3.05, 3.63) is 28.3 Å². The molecule has 1 saturated heterocycles. The predicted molar refractivity (Wildman–Crippen MR) is 92.1 cm³/mol. The molecule has 7 nitrogen and oxygen atoms in total. The minimum absolute atomic E-state index is 0.0354. The molecule has 1 fully saturated rings. The second-order valence-electron chi connectivity index (χ2n) is 6.24. The van der Waals surface area contributed by atoms with Crippen molar-refractivity contribution in [2.24, 2.45) is 0 Å². The smallest absolute Gasteiger partial charge is 0.293 e. The molecular formula is C16H24N2O5S. The number of rotatable bonds is 7. The van der Waals surface area contributed by atoms with Gasteiger partial charge in [0.2, 0.25) is 0 Å². The summed E-state index contributed by atoms with van der Waals surface area (Å²) < 4.78 is 23.3. The van der Waals surface area contributed by atoms with Crippen LogP contribution < -0.4 is 4.90 Å². The van der Waals surface area contributed by atoms with Gasteiger partial charge in [-0.15, -0.1) is 0 Å². The first kappa shape index (κ1) is 18.7. The fraction of sp³-hybridized carbons (Fsp3) is 0.625. The number of nitro groups is 1. The molecule has 0 saturated carbocycles. The van der Waals surface area contributed by atoms with Crippen molar-refractivity contribution in [1.82, 2.24) is 0 Å². The van der Waals surface area contributed by atoms with Crippen LogP contribution >= 0.6 is 0 Å². The van der Waals surface area contributed by atoms with E-state index in [9.17, 15) is 18.5 Å². The lowest BCUT2D eigenvalue weighted by Gasteiger charge is -2.37. The summed E-state index contributed by atoms with van der Waals surface area (Å²) in [7, 11) is -3.49. The number of unbranched alkanes of at least 4 members (excludes halogenated alkanes) is 1. The van der Waals surface area contributed by atoms with E-state index in [0.717, 1.165) is 57.4 Å². The number of sulfone groups is 1. The van der Waals surface area contributed by atoms with Crippen molar-refractivity contribution >= 4 is 21.2 Å². The molecule has 1 N–H and O–H groups in total. The van der Waals surface area contributed by atoms with Crippen LogP contribution in [0.2, 0.25) is 0 Å². The fourth-order valence-corrected chi connectivity index (χ4v) is 3.87. The van der Waals surface area contributed by atoms with Gasteiger partial charge in [0.15, 0.2) is 9.84 Å². The Morgan fingerprint density at radius 2 is 2.08 bits per heavy atom. The molecule has 0 aliphatic carbocycles. The van der Waals surface area contributed by atoms with Crippen molar-refractivity contribution in [2.45, 2.75) is 49.5 Å². The van der Waals surface area contributed by atoms with E-state index in [2.05, 4.69) is 0 Å². The molecular weight excluding hydrogens is 332 g/mol. The number of benzene rings is 1. The average Bonchev–Trinajstić information content (AvgIpc) is 2.54. The highest BCUT2D eigenvalue weighted by molar-refractivity contribution is 7.90. The predicted octanol–water partition coefficient (Wildman–Crippen LogP) is 2.52. The van der Waals surface area contributed by atoms with Crippen LogP contribution in [0.25, 0.3) is 0 Å². The number of nitrogens with zero attached hydrogens (tertiary/aromatic N) is 2. The Kier molecular flexibility index (Phi) is 6.17. The molecule has 2 rings (SSSR count). The van der Waals surface area contributed by atoms with Gasteiger partial charge < -0.3 is 10.0 Å². The van der Waals surface area contributed by atoms with Crippen molar-refractivity contribution in [2.75, 3.05) is 24.3 Å². The van der Waals surface area contributed by atoms with Gasteiger partial charge in [0.1, 0.15) is 5.69 Å². The third-order valence-electron chi connectivity index (χ3n) is 4.45. The fourth-order valence-electron chi connectivity index (χ4n) is 3.23. The Labute approximate surface area is 142 Å². The van der Waals surface area contributed by atoms with Crippen LogP contribution in [-0.4, -0.2) is 43.9 Å². The molecule has 1 aliphatic heterocycles. The van der Waals surface area contributed by atoms with Crippen LogP contribution in [0, 0.1) is 10.1 Å². The van der Waals surface area contributed by atoms with Gasteiger partial charge in [-0.05, 0) is 50.7 Å². The van der Waals surface area contributed by atoms with Gasteiger partial charge in [-0.1, -0.05) is 0 Å². The van der Waals surface area contributed by atoms with E-state index in [1.165, 1.54) is 6.07 Å². The van der Waals surface area contributed by atoms with Crippen molar-refractivity contribution in [3.8, 4) is 0 Å². The minimum atomic E-state index is -3.49. The summed E-state index contributed by atoms with van der Waals surface area (Å²) in [6.45, 7) is 0.874. The lowest BCUT2D eigenvalue weighted by molar-refractivity contribution is -0.384. The Morgan fingerprint density at radius 1 is 1.33 bits per heavy atom. The number of piperidine rings is 1. The molecule has 0 bridgehead atoms. The van der Waals surface area contributed by atoms with Crippen molar-refractivity contribution in [1.29, 1.82) is 0 Å². The van der Waals surface area contributed by atoms with E-state index in [1.807, 2.05) is 4.90 Å². The van der Waals surface area contributed by atoms with E-state index in [0.29, 0.717) is 5.69 Å². The van der Waals surface area contributed by atoms with Crippen LogP contribution in [0.15, 0.2) is 23.1 Å². The SMILES string of the molecule is CS(=O)(=O)c1ccc(N2CCCCC2CCCCO)c([N+](=O)[O-])c1. The molecule has 24 heavy (non-hydrogen) atoms. The molecule has 1 atom stereocenters. The first-order valence-corrected chi connectivity index (χ1v) is 10.1. The van der Waals surface area contributed by atoms with Crippen LogP contribution in [0.4, 0.5) is 11.4 Å². The van der Waals surface area contributed by atoms with Crippen LogP contribution in [0.3, 0.4) is 0 Å². The van der Waals surface area contributed by atoms with Gasteiger partial charge >= 0.3 is 0 Å². The Bertz CT molecular complexity index is 690. The summed E-state index contributed by atoms with van der Waals surface area (Å²) in [5, 5.41) is 20.4. The van der Waals surface area contributed by atoms with Crippen molar-refractivity contribution in [3.63, 3.8) is 0 Å². The number of aliphatic hydroxyl groups is 1. The highest BCUT2D eigenvalue weighted by Crippen LogP contribution is 2.35. The lowest BCUT2D eigenvalue weighted by Crippen LogP contribution is -2.40. The second-order valence-corrected chi connectivity index (χ2v) is 8.26. The lowest BCUT2D eigenvalue weighted by atomic mass is 9.96. The quantitative estimate of drug-likeness (QED) is 0.458. The van der Waals surface area contributed by atoms with Gasteiger partial charge in [-0.25, -0.2) is 8.42 Å². The number of anilines is 1. The molecule has 1 heterocycles. The maximum absolute atomic E-state index is 11.7. The Balaban J connectivity index is 2.35. The number of aliphatic hydroxyl groups excluding tert-OH is 1. The summed E-state index contributed by atoms with van der Waals surface area (Å²) >= 11 is 0. The standard InChI is InChI=1S/C16H24N2O5S/c1-24(22,23)14-8-9-15(16(12-14)18(20)21)17-10-4-2-6-13(17)7-3-5-11-19/h8-9,12-13,19H,2-7,10-11H2,1H3. The largest absolute Gasteiger partial charge is 0.396 e. The van der Waals surface area contributed by atoms with Crippen LogP contribution in [-0.2, 0) is 9.84 Å². The van der Waals surface area contributed by atoms with E-state index in [1.54, 1.807) is 6.07 Å². The topological polar surface area (TPSA) is 101 Å². The van der Waals surface area contributed by atoms with Crippen LogP contribution in [0.5, 0.6) is 0 Å². The summed E-state index contributed by atoms with van der Waals surface area (Å²) in [6, 6.07) is 4.34. The molecule has 0 spiro atoms. The molecule has 1 aromatic rings. The molecule has 1 aromatic carbocycles. The van der Waals surface area contributed by atoms with Gasteiger partial charge in [0.25, 0.3) is 5.69 Å². The normalized spacial score (nSPS) is 18.6. The summed E-state index contributed by atoms with van der Waals surface area (Å²) in [4.78, 5) is 12.9. The molecule has 0 aromatic heterocycles. The van der Waals surface area contributed by atoms with Gasteiger partial charge in [-0.2, -0.15) is 0 Å². The van der Waals surface area contributed by atoms with Gasteiger partial charge in [0.05, 0.1) is 9.82 Å². The zero-order valence-corrected chi connectivity index (χ0v) is 14.7. The zero-order chi connectivity index (χ0) is 17.7. The summed E-state index contributed by atoms with van der Waals surface area (Å²) in [5.41, 5.74) is 0.327. The molecule has 134 valence electrons. The Hall–Kier alpha value is -1.67. The van der Waals surface area contributed by atoms with Gasteiger partial charge in [-0.3, -0.25) is 10.1 Å². The molecule has 0 amide bonds. The molecule has 8 heteroatoms. The van der Waals surface area contributed by atoms with E-state index in [-0.39, 0.29) is 23.2 Å². The number of hydrogen-bond acceptors (Lipinski definition) is 6. The third-order valence-corrected chi connectivity index (χ3v) is 5.56. The summed E-state index contributed by atoms with van der Waals surface area (Å²) in [5.74, 6) is 0. The van der Waals surface area contributed by atoms with E-state index in [4.69, 9.17) is 5.11 Å². The highest BCUT2D eigenvalue weighted by Gasteiger charge is 2.29. The maximum Gasteiger partial charge on any atom is 0.293 e. The number of nitro benzene ring substituents is 1. The van der Waals surface area contributed by atoms with Gasteiger partial charge in [0, 0.05) is 31.5 Å². The maximum atomic E-state index is 11.7. The molecule has 1 aliphatic rings. The minimum Gasteiger partial charge on any atom is -0.396 e. The van der Waals surface area contributed by atoms with Crippen molar-refractivity contribution < 1.29 is 18.4 Å². The third kappa shape index (κ3) is 4.45. The Morgan fingerprint density at radius 3 is 2.71 bits per heavy atom. The zero-order valence-electron chi connectivity index (χ0n) is 13.8.